The van der Waals surface area contributed by atoms with Crippen LogP contribution < -0.4 is 14.8 Å². The Balaban J connectivity index is 1.66. The lowest BCUT2D eigenvalue weighted by molar-refractivity contribution is 0.0999. The van der Waals surface area contributed by atoms with E-state index in [0.29, 0.717) is 13.2 Å². The highest BCUT2D eigenvalue weighted by Gasteiger charge is 2.17. The SMILES string of the molecule is CC(C)(C)NC[C@H](O)COc1ccc(OCc2ccccc2)cc1C1=CCCC1. The Morgan fingerprint density at radius 2 is 1.86 bits per heavy atom. The summed E-state index contributed by atoms with van der Waals surface area (Å²) in [6.45, 7) is 7.54. The summed E-state index contributed by atoms with van der Waals surface area (Å²) in [6, 6.07) is 16.1. The number of hydrogen-bond donors (Lipinski definition) is 2. The summed E-state index contributed by atoms with van der Waals surface area (Å²) in [6.07, 6.45) is 5.03. The first kappa shape index (κ1) is 21.4. The minimum absolute atomic E-state index is 0.0292. The van der Waals surface area contributed by atoms with Gasteiger partial charge in [-0.15, -0.1) is 0 Å². The van der Waals surface area contributed by atoms with E-state index in [9.17, 15) is 5.11 Å². The van der Waals surface area contributed by atoms with Crippen molar-refractivity contribution in [1.29, 1.82) is 0 Å². The summed E-state index contributed by atoms with van der Waals surface area (Å²) in [5, 5.41) is 13.6. The highest BCUT2D eigenvalue weighted by Crippen LogP contribution is 2.36. The zero-order valence-electron chi connectivity index (χ0n) is 17.8. The number of aliphatic hydroxyl groups is 1. The van der Waals surface area contributed by atoms with E-state index in [1.165, 1.54) is 12.0 Å². The predicted octanol–water partition coefficient (Wildman–Crippen LogP) is 4.96. The molecule has 0 unspecified atom stereocenters. The molecule has 3 rings (SSSR count). The third-order valence-corrected chi connectivity index (χ3v) is 4.89. The molecule has 0 aliphatic heterocycles. The molecule has 0 saturated heterocycles. The Morgan fingerprint density at radius 1 is 1.07 bits per heavy atom. The molecule has 0 spiro atoms. The first-order valence-corrected chi connectivity index (χ1v) is 10.5. The second kappa shape index (κ2) is 9.95. The van der Waals surface area contributed by atoms with Crippen molar-refractivity contribution in [3.63, 3.8) is 0 Å². The van der Waals surface area contributed by atoms with E-state index in [0.717, 1.165) is 35.5 Å². The van der Waals surface area contributed by atoms with Crippen molar-refractivity contribution in [1.82, 2.24) is 5.32 Å². The molecule has 1 aliphatic carbocycles. The molecule has 1 atom stereocenters. The van der Waals surface area contributed by atoms with Gasteiger partial charge in [0.1, 0.15) is 30.8 Å². The van der Waals surface area contributed by atoms with Crippen LogP contribution in [0.15, 0.2) is 54.6 Å². The Bertz CT molecular complexity index is 809. The normalized spacial score (nSPS) is 15.1. The van der Waals surface area contributed by atoms with Gasteiger partial charge in [-0.3, -0.25) is 0 Å². The van der Waals surface area contributed by atoms with Gasteiger partial charge in [0.15, 0.2) is 0 Å². The highest BCUT2D eigenvalue weighted by atomic mass is 16.5. The fraction of sp³-hybridized carbons (Fsp3) is 0.440. The van der Waals surface area contributed by atoms with Gasteiger partial charge in [0, 0.05) is 17.6 Å². The summed E-state index contributed by atoms with van der Waals surface area (Å²) in [7, 11) is 0. The molecule has 1 aliphatic rings. The Labute approximate surface area is 174 Å². The molecule has 0 fully saturated rings. The van der Waals surface area contributed by atoms with Gasteiger partial charge in [-0.1, -0.05) is 36.4 Å². The summed E-state index contributed by atoms with van der Waals surface area (Å²) < 4.78 is 12.0. The second-order valence-corrected chi connectivity index (χ2v) is 8.65. The van der Waals surface area contributed by atoms with Crippen LogP contribution in [0.1, 0.15) is 51.2 Å². The fourth-order valence-corrected chi connectivity index (χ4v) is 3.30. The van der Waals surface area contributed by atoms with Crippen LogP contribution >= 0.6 is 0 Å². The Hall–Kier alpha value is -2.30. The van der Waals surface area contributed by atoms with E-state index in [1.54, 1.807) is 0 Å². The standard InChI is InChI=1S/C25H33NO3/c1-25(2,3)26-16-21(27)18-29-24-14-13-22(15-23(24)20-11-7-8-12-20)28-17-19-9-5-4-6-10-19/h4-6,9-11,13-15,21,26-27H,7-8,12,16-18H2,1-3H3/t21-/m0/s1. The number of β-amino-alcohol motifs (C(OH)–C–C–N with tert-alkyl or cyclic N) is 1. The molecule has 2 N–H and O–H groups in total. The highest BCUT2D eigenvalue weighted by molar-refractivity contribution is 5.73. The third kappa shape index (κ3) is 6.91. The molecule has 4 nitrogen and oxygen atoms in total. The maximum Gasteiger partial charge on any atom is 0.127 e. The van der Waals surface area contributed by atoms with Crippen LogP contribution in [0, 0.1) is 0 Å². The van der Waals surface area contributed by atoms with E-state index in [2.05, 4.69) is 50.4 Å². The lowest BCUT2D eigenvalue weighted by Crippen LogP contribution is -2.42. The number of allylic oxidation sites excluding steroid dienone is 2. The molecule has 29 heavy (non-hydrogen) atoms. The van der Waals surface area contributed by atoms with Crippen molar-refractivity contribution in [2.24, 2.45) is 0 Å². The maximum absolute atomic E-state index is 10.3. The third-order valence-electron chi connectivity index (χ3n) is 4.89. The number of nitrogens with one attached hydrogen (secondary N) is 1. The molecule has 2 aromatic rings. The van der Waals surface area contributed by atoms with Crippen LogP contribution in [0.3, 0.4) is 0 Å². The van der Waals surface area contributed by atoms with Gasteiger partial charge >= 0.3 is 0 Å². The number of rotatable bonds is 9. The van der Waals surface area contributed by atoms with Gasteiger partial charge in [0.25, 0.3) is 0 Å². The zero-order valence-corrected chi connectivity index (χ0v) is 17.8. The summed E-state index contributed by atoms with van der Waals surface area (Å²) >= 11 is 0. The quantitative estimate of drug-likeness (QED) is 0.630. The monoisotopic (exact) mass is 395 g/mol. The van der Waals surface area contributed by atoms with Crippen molar-refractivity contribution in [3.8, 4) is 11.5 Å². The zero-order chi connectivity index (χ0) is 20.7. The molecule has 156 valence electrons. The molecule has 0 saturated carbocycles. The topological polar surface area (TPSA) is 50.7 Å². The fourth-order valence-electron chi connectivity index (χ4n) is 3.30. The van der Waals surface area contributed by atoms with Gasteiger partial charge in [-0.25, -0.2) is 0 Å². The molecule has 0 bridgehead atoms. The first-order chi connectivity index (χ1) is 13.9. The number of aliphatic hydroxyl groups excluding tert-OH is 1. The average Bonchev–Trinajstić information content (AvgIpc) is 3.24. The van der Waals surface area contributed by atoms with Gasteiger partial charge in [-0.2, -0.15) is 0 Å². The van der Waals surface area contributed by atoms with Crippen LogP contribution in [0.25, 0.3) is 5.57 Å². The number of ether oxygens (including phenoxy) is 2. The maximum atomic E-state index is 10.3. The first-order valence-electron chi connectivity index (χ1n) is 10.5. The summed E-state index contributed by atoms with van der Waals surface area (Å²) in [5.74, 6) is 1.64. The van der Waals surface area contributed by atoms with Crippen LogP contribution in [0.5, 0.6) is 11.5 Å². The van der Waals surface area contributed by atoms with Crippen molar-refractivity contribution < 1.29 is 14.6 Å². The smallest absolute Gasteiger partial charge is 0.127 e. The minimum Gasteiger partial charge on any atom is -0.490 e. The molecule has 0 radical (unpaired) electrons. The second-order valence-electron chi connectivity index (χ2n) is 8.65. The lowest BCUT2D eigenvalue weighted by Gasteiger charge is -2.23. The van der Waals surface area contributed by atoms with E-state index in [-0.39, 0.29) is 12.1 Å². The van der Waals surface area contributed by atoms with Crippen LogP contribution in [0.4, 0.5) is 0 Å². The number of benzene rings is 2. The van der Waals surface area contributed by atoms with Crippen LogP contribution in [-0.4, -0.2) is 29.9 Å². The van der Waals surface area contributed by atoms with Crippen molar-refractivity contribution in [2.45, 2.75) is 58.3 Å². The molecule has 0 heterocycles. The van der Waals surface area contributed by atoms with Gasteiger partial charge < -0.3 is 19.9 Å². The Morgan fingerprint density at radius 3 is 2.55 bits per heavy atom. The molecule has 0 amide bonds. The molecule has 0 aromatic heterocycles. The van der Waals surface area contributed by atoms with Crippen LogP contribution in [-0.2, 0) is 6.61 Å². The molecule has 4 heteroatoms. The largest absolute Gasteiger partial charge is 0.490 e. The average molecular weight is 396 g/mol. The van der Waals surface area contributed by atoms with Crippen molar-refractivity contribution in [3.05, 3.63) is 65.7 Å². The van der Waals surface area contributed by atoms with E-state index >= 15 is 0 Å². The van der Waals surface area contributed by atoms with Crippen molar-refractivity contribution >= 4 is 5.57 Å². The van der Waals surface area contributed by atoms with Crippen molar-refractivity contribution in [2.75, 3.05) is 13.2 Å². The molecular formula is C25H33NO3. The lowest BCUT2D eigenvalue weighted by atomic mass is 10.0. The predicted molar refractivity (Wildman–Crippen MR) is 118 cm³/mol. The van der Waals surface area contributed by atoms with Gasteiger partial charge in [0.05, 0.1) is 0 Å². The van der Waals surface area contributed by atoms with E-state index < -0.39 is 6.10 Å². The van der Waals surface area contributed by atoms with E-state index in [4.69, 9.17) is 9.47 Å². The molecular weight excluding hydrogens is 362 g/mol. The summed E-state index contributed by atoms with van der Waals surface area (Å²) in [5.41, 5.74) is 3.49. The van der Waals surface area contributed by atoms with E-state index in [1.807, 2.05) is 30.3 Å². The number of hydrogen-bond acceptors (Lipinski definition) is 4. The summed E-state index contributed by atoms with van der Waals surface area (Å²) in [4.78, 5) is 0. The van der Waals surface area contributed by atoms with Crippen LogP contribution in [0.2, 0.25) is 0 Å². The van der Waals surface area contributed by atoms with Gasteiger partial charge in [-0.05, 0) is 69.4 Å². The Kier molecular flexibility index (Phi) is 7.34. The molecule has 2 aromatic carbocycles. The minimum atomic E-state index is -0.561. The van der Waals surface area contributed by atoms with Gasteiger partial charge in [0.2, 0.25) is 0 Å².